The Kier molecular flexibility index (Phi) is 18.5. The van der Waals surface area contributed by atoms with Crippen molar-refractivity contribution < 1.29 is 0 Å². The average molecular weight is 1600 g/mol. The van der Waals surface area contributed by atoms with Crippen molar-refractivity contribution in [1.29, 1.82) is 0 Å². The molecule has 4 nitrogen and oxygen atoms in total. The Morgan fingerprint density at radius 1 is 0.210 bits per heavy atom. The SMILES string of the molecule is Cc1cc2c3c(c1)N(c1c(-c4ccccc4)cc(C(C)(C)C)cc1-c1cccc(-c4cccc(-c5ccccc5)c4)c1)c1cc(-n4c5ccccc5c5cc(C(C)(C)C)ccc54)ccc1B3c1ccc(-n3c4ccccc4c4cc(C(C)(C)C)ccc43)cc1N2c1c(-c2ccccc2)cc(C(C)(C)C)cc1-c1cccc(-c2cccc(-c3ccccc3)c2)c1. The van der Waals surface area contributed by atoms with Crippen LogP contribution in [-0.4, -0.2) is 15.8 Å². The highest BCUT2D eigenvalue weighted by atomic mass is 15.2. The van der Waals surface area contributed by atoms with E-state index >= 15 is 0 Å². The molecule has 0 fully saturated rings. The molecule has 0 aliphatic carbocycles. The largest absolute Gasteiger partial charge is 0.310 e. The van der Waals surface area contributed by atoms with Gasteiger partial charge < -0.3 is 18.9 Å². The first-order valence-electron chi connectivity index (χ1n) is 44.0. The van der Waals surface area contributed by atoms with Gasteiger partial charge in [-0.05, 0) is 261 Å². The predicted octanol–water partition coefficient (Wildman–Crippen LogP) is 30.8. The lowest BCUT2D eigenvalue weighted by molar-refractivity contribution is 0.590. The van der Waals surface area contributed by atoms with Crippen LogP contribution in [-0.2, 0) is 21.7 Å². The molecular weight excluding hydrogens is 1500 g/mol. The molecule has 2 aliphatic rings. The standard InChI is InChI=1S/C119H101BN4/c1-76-62-111-113-112(63-76)124(115-98(80-40-24-17-25-41-80)71-92(119(11,12)13)73-100(115)88-49-33-47-86(67-88)84-45-31-43-82(65-84)78-36-20-15-21-37-78)110-75-94(122-106-53-29-27-51-96(106)102-69-90(117(5,6)7)55-61-108(102)122)57-59-104(110)120(113)103-58-56-93(121-105-52-28-26-50-95(105)101-68-89(116(2,3)4)54-60-107(101)121)74-109(103)123(111)114-97(79-38-22-16-23-39-79)70-91(118(8,9)10)72-99(114)87-48-32-46-85(66-87)83-44-30-42-81(64-83)77-34-18-14-19-35-77/h14-75H,1-13H3. The molecule has 0 unspecified atom stereocenters. The summed E-state index contributed by atoms with van der Waals surface area (Å²) in [5.41, 5.74) is 41.3. The van der Waals surface area contributed by atoms with Crippen molar-refractivity contribution in [3.63, 3.8) is 0 Å². The monoisotopic (exact) mass is 1600 g/mol. The maximum Gasteiger partial charge on any atom is 0.252 e. The van der Waals surface area contributed by atoms with Crippen molar-refractivity contribution in [3.8, 4) is 100 Å². The number of aryl methyl sites for hydroxylation is 1. The Balaban J connectivity index is 0.905. The maximum absolute atomic E-state index is 2.75. The number of hydrogen-bond acceptors (Lipinski definition) is 2. The van der Waals surface area contributed by atoms with E-state index in [-0.39, 0.29) is 28.4 Å². The molecule has 4 heterocycles. The topological polar surface area (TPSA) is 16.3 Å². The van der Waals surface area contributed by atoms with Crippen LogP contribution < -0.4 is 26.2 Å². The molecular formula is C119H101BN4. The van der Waals surface area contributed by atoms with E-state index in [0.29, 0.717) is 0 Å². The van der Waals surface area contributed by atoms with Gasteiger partial charge in [-0.3, -0.25) is 0 Å². The van der Waals surface area contributed by atoms with Gasteiger partial charge >= 0.3 is 0 Å². The Labute approximate surface area is 730 Å². The number of benzene rings is 17. The van der Waals surface area contributed by atoms with Crippen molar-refractivity contribution in [1.82, 2.24) is 9.13 Å². The highest BCUT2D eigenvalue weighted by Crippen LogP contribution is 2.56. The van der Waals surface area contributed by atoms with Crippen molar-refractivity contribution in [2.24, 2.45) is 0 Å². The predicted molar refractivity (Wildman–Crippen MR) is 532 cm³/mol. The van der Waals surface area contributed by atoms with Gasteiger partial charge in [0.1, 0.15) is 0 Å². The second kappa shape index (κ2) is 29.7. The smallest absolute Gasteiger partial charge is 0.252 e. The summed E-state index contributed by atoms with van der Waals surface area (Å²) in [5, 5.41) is 4.95. The summed E-state index contributed by atoms with van der Waals surface area (Å²) in [6.45, 7) is 30.3. The van der Waals surface area contributed by atoms with E-state index in [0.717, 1.165) is 129 Å². The Hall–Kier alpha value is -14.0. The lowest BCUT2D eigenvalue weighted by Gasteiger charge is -2.46. The van der Waals surface area contributed by atoms with Crippen LogP contribution in [0.2, 0.25) is 0 Å². The minimum atomic E-state index is -0.290. The fraction of sp³-hybridized carbons (Fsp3) is 0.143. The lowest BCUT2D eigenvalue weighted by Crippen LogP contribution is -2.61. The third-order valence-electron chi connectivity index (χ3n) is 26.3. The molecule has 2 aliphatic heterocycles. The van der Waals surface area contributed by atoms with Gasteiger partial charge in [0.05, 0.1) is 33.4 Å². The molecule has 0 saturated heterocycles. The molecule has 0 radical (unpaired) electrons. The number of para-hydroxylation sites is 2. The van der Waals surface area contributed by atoms with E-state index in [2.05, 4.69) is 485 Å². The molecule has 17 aromatic carbocycles. The minimum Gasteiger partial charge on any atom is -0.310 e. The number of nitrogens with zero attached hydrogens (tertiary/aromatic N) is 4. The Morgan fingerprint density at radius 2 is 0.500 bits per heavy atom. The van der Waals surface area contributed by atoms with Crippen LogP contribution in [0.5, 0.6) is 0 Å². The Bertz CT molecular complexity index is 7020. The summed E-state index contributed by atoms with van der Waals surface area (Å²) in [6, 6.07) is 144. The first-order valence-corrected chi connectivity index (χ1v) is 44.0. The normalized spacial score (nSPS) is 12.8. The average Bonchev–Trinajstić information content (AvgIpc) is 0.917. The van der Waals surface area contributed by atoms with Crippen LogP contribution in [0.4, 0.5) is 34.1 Å². The van der Waals surface area contributed by atoms with Crippen molar-refractivity contribution in [3.05, 3.63) is 404 Å². The van der Waals surface area contributed by atoms with Crippen molar-refractivity contribution in [2.45, 2.75) is 112 Å². The minimum absolute atomic E-state index is 0.0650. The first-order chi connectivity index (χ1) is 59.9. The van der Waals surface area contributed by atoms with Crippen molar-refractivity contribution in [2.75, 3.05) is 9.80 Å². The third-order valence-corrected chi connectivity index (χ3v) is 26.3. The van der Waals surface area contributed by atoms with Crippen LogP contribution in [0.1, 0.15) is 111 Å². The van der Waals surface area contributed by atoms with Crippen LogP contribution in [0, 0.1) is 6.92 Å². The number of rotatable bonds is 12. The van der Waals surface area contributed by atoms with Gasteiger partial charge in [-0.15, -0.1) is 0 Å². The third kappa shape index (κ3) is 13.4. The molecule has 21 rings (SSSR count). The first kappa shape index (κ1) is 77.3. The molecule has 124 heavy (non-hydrogen) atoms. The summed E-state index contributed by atoms with van der Waals surface area (Å²) in [6.07, 6.45) is 0. The second-order valence-electron chi connectivity index (χ2n) is 38.6. The van der Waals surface area contributed by atoms with E-state index in [1.165, 1.54) is 93.5 Å². The molecule has 19 aromatic rings. The highest BCUT2D eigenvalue weighted by molar-refractivity contribution is 7.00. The van der Waals surface area contributed by atoms with Gasteiger partial charge in [-0.2, -0.15) is 0 Å². The molecule has 0 spiro atoms. The van der Waals surface area contributed by atoms with E-state index < -0.39 is 0 Å². The quantitative estimate of drug-likeness (QED) is 0.113. The number of hydrogen-bond donors (Lipinski definition) is 0. The fourth-order valence-electron chi connectivity index (χ4n) is 19.8. The van der Waals surface area contributed by atoms with E-state index in [1.807, 2.05) is 0 Å². The molecule has 0 saturated carbocycles. The summed E-state index contributed by atoms with van der Waals surface area (Å²) in [4.78, 5) is 5.49. The van der Waals surface area contributed by atoms with Crippen LogP contribution in [0.3, 0.4) is 0 Å². The Morgan fingerprint density at radius 3 is 0.855 bits per heavy atom. The molecule has 5 heteroatoms. The van der Waals surface area contributed by atoms with Gasteiger partial charge in [-0.1, -0.05) is 338 Å². The second-order valence-corrected chi connectivity index (χ2v) is 38.6. The zero-order valence-corrected chi connectivity index (χ0v) is 73.2. The van der Waals surface area contributed by atoms with Crippen LogP contribution in [0.15, 0.2) is 376 Å². The zero-order chi connectivity index (χ0) is 84.8. The van der Waals surface area contributed by atoms with E-state index in [4.69, 9.17) is 0 Å². The fourth-order valence-corrected chi connectivity index (χ4v) is 19.8. The highest BCUT2D eigenvalue weighted by Gasteiger charge is 2.46. The summed E-state index contributed by atoms with van der Waals surface area (Å²) >= 11 is 0. The molecule has 0 atom stereocenters. The van der Waals surface area contributed by atoms with E-state index in [9.17, 15) is 0 Å². The number of aromatic nitrogens is 2. The maximum atomic E-state index is 2.75. The molecule has 600 valence electrons. The van der Waals surface area contributed by atoms with Gasteiger partial charge in [0.25, 0.3) is 6.71 Å². The molecule has 2 aromatic heterocycles. The van der Waals surface area contributed by atoms with Crippen LogP contribution >= 0.6 is 0 Å². The summed E-state index contributed by atoms with van der Waals surface area (Å²) in [7, 11) is 0. The van der Waals surface area contributed by atoms with Gasteiger partial charge in [0.2, 0.25) is 0 Å². The number of anilines is 6. The van der Waals surface area contributed by atoms with E-state index in [1.54, 1.807) is 0 Å². The molecule has 0 amide bonds. The molecule has 0 bridgehead atoms. The number of fused-ring (bicyclic) bond motifs is 10. The zero-order valence-electron chi connectivity index (χ0n) is 73.2. The van der Waals surface area contributed by atoms with Gasteiger partial charge in [-0.25, -0.2) is 0 Å². The van der Waals surface area contributed by atoms with Crippen molar-refractivity contribution >= 4 is 101 Å². The molecule has 0 N–H and O–H groups in total. The lowest BCUT2D eigenvalue weighted by atomic mass is 9.33. The summed E-state index contributed by atoms with van der Waals surface area (Å²) in [5.74, 6) is 0. The van der Waals surface area contributed by atoms with Crippen LogP contribution in [0.25, 0.3) is 144 Å². The summed E-state index contributed by atoms with van der Waals surface area (Å²) < 4.78 is 5.09. The van der Waals surface area contributed by atoms with Gasteiger partial charge in [0.15, 0.2) is 0 Å². The van der Waals surface area contributed by atoms with Gasteiger partial charge in [0, 0.05) is 77.9 Å².